The molecule has 1 aromatic heterocycles. The summed E-state index contributed by atoms with van der Waals surface area (Å²) in [7, 11) is 0. The Bertz CT molecular complexity index is 396. The van der Waals surface area contributed by atoms with Crippen molar-refractivity contribution in [2.45, 2.75) is 12.8 Å². The lowest BCUT2D eigenvalue weighted by atomic mass is 10.1. The smallest absolute Gasteiger partial charge is 0.0814 e. The van der Waals surface area contributed by atoms with Gasteiger partial charge in [0, 0.05) is 6.61 Å². The van der Waals surface area contributed by atoms with Crippen LogP contribution in [0.25, 0.3) is 10.2 Å². The van der Waals surface area contributed by atoms with Crippen LogP contribution in [0.5, 0.6) is 0 Å². The average Bonchev–Trinajstić information content (AvgIpc) is 2.62. The van der Waals surface area contributed by atoms with Crippen LogP contribution in [0.4, 0.5) is 0 Å². The summed E-state index contributed by atoms with van der Waals surface area (Å²) in [5.74, 6) is 0. The number of benzene rings is 1. The third-order valence-electron chi connectivity index (χ3n) is 2.04. The molecule has 0 unspecified atom stereocenters. The van der Waals surface area contributed by atoms with Crippen LogP contribution in [-0.4, -0.2) is 16.7 Å². The molecular formula is C10H11NOS. The van der Waals surface area contributed by atoms with Crippen LogP contribution in [0.2, 0.25) is 0 Å². The number of aliphatic hydroxyl groups excluding tert-OH is 1. The highest BCUT2D eigenvalue weighted by Crippen LogP contribution is 2.22. The fraction of sp³-hybridized carbons (Fsp3) is 0.300. The largest absolute Gasteiger partial charge is 0.396 e. The van der Waals surface area contributed by atoms with E-state index in [1.165, 1.54) is 10.3 Å². The van der Waals surface area contributed by atoms with Gasteiger partial charge in [0.2, 0.25) is 0 Å². The first kappa shape index (κ1) is 8.66. The van der Waals surface area contributed by atoms with Crippen molar-refractivity contribution in [1.29, 1.82) is 0 Å². The second-order valence-corrected chi connectivity index (χ2v) is 3.80. The van der Waals surface area contributed by atoms with E-state index in [2.05, 4.69) is 11.1 Å². The van der Waals surface area contributed by atoms with Gasteiger partial charge in [-0.2, -0.15) is 0 Å². The summed E-state index contributed by atoms with van der Waals surface area (Å²) in [6.07, 6.45) is 1.77. The molecule has 0 amide bonds. The van der Waals surface area contributed by atoms with Crippen molar-refractivity contribution >= 4 is 21.6 Å². The fourth-order valence-corrected chi connectivity index (χ4v) is 2.25. The van der Waals surface area contributed by atoms with E-state index in [4.69, 9.17) is 5.11 Å². The van der Waals surface area contributed by atoms with Crippen LogP contribution < -0.4 is 0 Å². The topological polar surface area (TPSA) is 33.1 Å². The van der Waals surface area contributed by atoms with Gasteiger partial charge in [0.1, 0.15) is 0 Å². The summed E-state index contributed by atoms with van der Waals surface area (Å²) >= 11 is 1.67. The van der Waals surface area contributed by atoms with Gasteiger partial charge < -0.3 is 5.11 Å². The third-order valence-corrected chi connectivity index (χ3v) is 2.96. The van der Waals surface area contributed by atoms with Crippen molar-refractivity contribution in [3.05, 3.63) is 29.3 Å². The monoisotopic (exact) mass is 193 g/mol. The van der Waals surface area contributed by atoms with E-state index in [9.17, 15) is 0 Å². The van der Waals surface area contributed by atoms with E-state index in [1.54, 1.807) is 11.3 Å². The first-order valence-electron chi connectivity index (χ1n) is 4.34. The van der Waals surface area contributed by atoms with Gasteiger partial charge in [-0.3, -0.25) is 0 Å². The lowest BCUT2D eigenvalue weighted by Crippen LogP contribution is -1.89. The standard InChI is InChI=1S/C10H11NOS/c12-6-2-4-8-3-1-5-9-10(8)13-7-11-9/h1,3,5,7,12H,2,4,6H2. The fourth-order valence-electron chi connectivity index (χ4n) is 1.41. The Morgan fingerprint density at radius 1 is 1.38 bits per heavy atom. The second kappa shape index (κ2) is 3.85. The molecule has 0 aliphatic heterocycles. The number of thiazole rings is 1. The molecule has 0 spiro atoms. The average molecular weight is 193 g/mol. The number of hydrogen-bond donors (Lipinski definition) is 1. The Balaban J connectivity index is 2.37. The van der Waals surface area contributed by atoms with Crippen molar-refractivity contribution in [1.82, 2.24) is 4.98 Å². The summed E-state index contributed by atoms with van der Waals surface area (Å²) in [6, 6.07) is 6.15. The summed E-state index contributed by atoms with van der Waals surface area (Å²) in [5, 5.41) is 8.74. The van der Waals surface area contributed by atoms with Crippen LogP contribution in [0.1, 0.15) is 12.0 Å². The predicted octanol–water partition coefficient (Wildman–Crippen LogP) is 2.22. The van der Waals surface area contributed by atoms with E-state index >= 15 is 0 Å². The first-order valence-corrected chi connectivity index (χ1v) is 5.22. The molecule has 2 nitrogen and oxygen atoms in total. The van der Waals surface area contributed by atoms with Crippen LogP contribution in [0.3, 0.4) is 0 Å². The highest BCUT2D eigenvalue weighted by molar-refractivity contribution is 7.16. The van der Waals surface area contributed by atoms with Crippen molar-refractivity contribution < 1.29 is 5.11 Å². The maximum atomic E-state index is 8.74. The minimum absolute atomic E-state index is 0.259. The molecule has 3 heteroatoms. The third kappa shape index (κ3) is 1.71. The molecule has 2 aromatic rings. The summed E-state index contributed by atoms with van der Waals surface area (Å²) in [4.78, 5) is 4.24. The zero-order valence-electron chi connectivity index (χ0n) is 7.23. The van der Waals surface area contributed by atoms with E-state index in [0.29, 0.717) is 0 Å². The summed E-state index contributed by atoms with van der Waals surface area (Å²) < 4.78 is 1.26. The van der Waals surface area contributed by atoms with Gasteiger partial charge in [0.15, 0.2) is 0 Å². The van der Waals surface area contributed by atoms with Crippen molar-refractivity contribution in [2.75, 3.05) is 6.61 Å². The zero-order chi connectivity index (χ0) is 9.10. The maximum absolute atomic E-state index is 8.74. The predicted molar refractivity (Wildman–Crippen MR) is 55.0 cm³/mol. The number of aryl methyl sites for hydroxylation is 1. The van der Waals surface area contributed by atoms with E-state index in [0.717, 1.165) is 18.4 Å². The number of hydrogen-bond acceptors (Lipinski definition) is 3. The molecule has 0 saturated carbocycles. The lowest BCUT2D eigenvalue weighted by molar-refractivity contribution is 0.289. The van der Waals surface area contributed by atoms with E-state index < -0.39 is 0 Å². The van der Waals surface area contributed by atoms with Gasteiger partial charge in [0.25, 0.3) is 0 Å². The number of rotatable bonds is 3. The van der Waals surface area contributed by atoms with E-state index in [-0.39, 0.29) is 6.61 Å². The van der Waals surface area contributed by atoms with Gasteiger partial charge in [-0.15, -0.1) is 11.3 Å². The van der Waals surface area contributed by atoms with Gasteiger partial charge in [0.05, 0.1) is 15.7 Å². The normalized spacial score (nSPS) is 10.8. The Labute approximate surface area is 80.9 Å². The summed E-state index contributed by atoms with van der Waals surface area (Å²) in [5.41, 5.74) is 4.24. The molecule has 0 aliphatic carbocycles. The highest BCUT2D eigenvalue weighted by Gasteiger charge is 2.01. The Hall–Kier alpha value is -0.930. The van der Waals surface area contributed by atoms with Crippen LogP contribution in [0, 0.1) is 0 Å². The minimum atomic E-state index is 0.259. The minimum Gasteiger partial charge on any atom is -0.396 e. The number of nitrogens with zero attached hydrogens (tertiary/aromatic N) is 1. The van der Waals surface area contributed by atoms with Crippen molar-refractivity contribution in [3.8, 4) is 0 Å². The molecule has 1 aromatic carbocycles. The SMILES string of the molecule is OCCCc1cccc2ncsc12. The lowest BCUT2D eigenvalue weighted by Gasteiger charge is -1.99. The number of aliphatic hydroxyl groups is 1. The van der Waals surface area contributed by atoms with Gasteiger partial charge in [-0.1, -0.05) is 12.1 Å². The molecule has 1 heterocycles. The molecule has 2 rings (SSSR count). The van der Waals surface area contributed by atoms with Crippen LogP contribution >= 0.6 is 11.3 Å². The molecule has 0 radical (unpaired) electrons. The molecule has 0 aliphatic rings. The van der Waals surface area contributed by atoms with Gasteiger partial charge in [-0.05, 0) is 24.5 Å². The molecule has 68 valence electrons. The second-order valence-electron chi connectivity index (χ2n) is 2.94. The van der Waals surface area contributed by atoms with Crippen molar-refractivity contribution in [3.63, 3.8) is 0 Å². The van der Waals surface area contributed by atoms with Gasteiger partial charge in [-0.25, -0.2) is 4.98 Å². The Morgan fingerprint density at radius 2 is 2.31 bits per heavy atom. The van der Waals surface area contributed by atoms with Gasteiger partial charge >= 0.3 is 0 Å². The quantitative estimate of drug-likeness (QED) is 0.810. The Morgan fingerprint density at radius 3 is 3.15 bits per heavy atom. The molecule has 0 atom stereocenters. The number of fused-ring (bicyclic) bond motifs is 1. The number of aromatic nitrogens is 1. The molecule has 1 N–H and O–H groups in total. The van der Waals surface area contributed by atoms with Crippen LogP contribution in [-0.2, 0) is 6.42 Å². The molecular weight excluding hydrogens is 182 g/mol. The molecule has 0 fully saturated rings. The first-order chi connectivity index (χ1) is 6.42. The molecule has 0 bridgehead atoms. The maximum Gasteiger partial charge on any atom is 0.0814 e. The Kier molecular flexibility index (Phi) is 2.57. The molecule has 13 heavy (non-hydrogen) atoms. The molecule has 0 saturated heterocycles. The van der Waals surface area contributed by atoms with Crippen molar-refractivity contribution in [2.24, 2.45) is 0 Å². The summed E-state index contributed by atoms with van der Waals surface area (Å²) in [6.45, 7) is 0.259. The van der Waals surface area contributed by atoms with Crippen LogP contribution in [0.15, 0.2) is 23.7 Å². The van der Waals surface area contributed by atoms with E-state index in [1.807, 2.05) is 17.6 Å². The zero-order valence-corrected chi connectivity index (χ0v) is 8.05. The highest BCUT2D eigenvalue weighted by atomic mass is 32.1.